The first-order chi connectivity index (χ1) is 11.6. The van der Waals surface area contributed by atoms with E-state index < -0.39 is 5.97 Å². The lowest BCUT2D eigenvalue weighted by molar-refractivity contribution is -0.133. The molecule has 0 radical (unpaired) electrons. The van der Waals surface area contributed by atoms with Gasteiger partial charge in [-0.25, -0.2) is 4.79 Å². The maximum Gasteiger partial charge on any atom is 0.335 e. The lowest BCUT2D eigenvalue weighted by Crippen LogP contribution is -2.42. The lowest BCUT2D eigenvalue weighted by atomic mass is 10.0. The summed E-state index contributed by atoms with van der Waals surface area (Å²) in [7, 11) is 0. The summed E-state index contributed by atoms with van der Waals surface area (Å²) >= 11 is 0. The Bertz CT molecular complexity index is 570. The van der Waals surface area contributed by atoms with E-state index in [0.717, 1.165) is 31.5 Å². The zero-order valence-electron chi connectivity index (χ0n) is 13.9. The summed E-state index contributed by atoms with van der Waals surface area (Å²) in [5.74, 6) is -0.838. The number of aromatic carboxylic acids is 1. The van der Waals surface area contributed by atoms with E-state index in [1.807, 2.05) is 4.90 Å². The van der Waals surface area contributed by atoms with Crippen LogP contribution >= 0.6 is 0 Å². The van der Waals surface area contributed by atoms with Gasteiger partial charge in [0.2, 0.25) is 5.91 Å². The first-order valence-corrected chi connectivity index (χ1v) is 8.87. The second-order valence-electron chi connectivity index (χ2n) is 6.80. The summed E-state index contributed by atoms with van der Waals surface area (Å²) in [4.78, 5) is 25.2. The van der Waals surface area contributed by atoms with Gasteiger partial charge >= 0.3 is 5.97 Å². The van der Waals surface area contributed by atoms with Gasteiger partial charge in [0, 0.05) is 13.1 Å². The van der Waals surface area contributed by atoms with E-state index in [1.54, 1.807) is 24.3 Å². The fourth-order valence-corrected chi connectivity index (χ4v) is 3.59. The number of hydrogen-bond donors (Lipinski definition) is 1. The van der Waals surface area contributed by atoms with Crippen LogP contribution in [0.5, 0.6) is 0 Å². The predicted molar refractivity (Wildman–Crippen MR) is 90.0 cm³/mol. The minimum atomic E-state index is -0.947. The number of likely N-dealkylation sites (tertiary alicyclic amines) is 1. The number of nitrogens with zero attached hydrogens (tertiary/aromatic N) is 1. The first kappa shape index (κ1) is 17.0. The molecule has 2 aliphatic rings. The molecule has 0 bridgehead atoms. The second kappa shape index (κ2) is 7.79. The van der Waals surface area contributed by atoms with Crippen LogP contribution in [0.3, 0.4) is 0 Å². The third-order valence-electron chi connectivity index (χ3n) is 5.04. The van der Waals surface area contributed by atoms with Crippen molar-refractivity contribution in [1.29, 1.82) is 0 Å². The molecule has 1 aromatic rings. The van der Waals surface area contributed by atoms with Gasteiger partial charge in [0.25, 0.3) is 0 Å². The molecule has 1 aromatic carbocycles. The number of carbonyl (C=O) groups is 2. The molecule has 0 atom stereocenters. The molecule has 0 aromatic heterocycles. The highest BCUT2D eigenvalue weighted by atomic mass is 16.5. The van der Waals surface area contributed by atoms with Gasteiger partial charge in [0.1, 0.15) is 0 Å². The number of hydrogen-bond acceptors (Lipinski definition) is 3. The van der Waals surface area contributed by atoms with E-state index in [1.165, 1.54) is 25.7 Å². The number of carboxylic acid groups (broad SMARTS) is 1. The molecule has 1 aliphatic heterocycles. The van der Waals surface area contributed by atoms with Crippen LogP contribution in [0.15, 0.2) is 24.3 Å². The average Bonchev–Trinajstić information content (AvgIpc) is 3.09. The molecule has 5 heteroatoms. The number of piperidine rings is 1. The highest BCUT2D eigenvalue weighted by molar-refractivity contribution is 5.87. The van der Waals surface area contributed by atoms with Gasteiger partial charge in [-0.1, -0.05) is 25.0 Å². The van der Waals surface area contributed by atoms with Crippen LogP contribution in [-0.2, 0) is 16.0 Å². The Labute approximate surface area is 142 Å². The minimum absolute atomic E-state index is 0.109. The first-order valence-electron chi connectivity index (χ1n) is 8.87. The molecule has 5 nitrogen and oxygen atoms in total. The minimum Gasteiger partial charge on any atom is -0.478 e. The van der Waals surface area contributed by atoms with E-state index in [0.29, 0.717) is 18.6 Å². The summed E-state index contributed by atoms with van der Waals surface area (Å²) in [6.07, 6.45) is 7.83. The third-order valence-corrected chi connectivity index (χ3v) is 5.04. The summed E-state index contributed by atoms with van der Waals surface area (Å²) in [5, 5.41) is 8.90. The van der Waals surface area contributed by atoms with Crippen LogP contribution in [0.25, 0.3) is 0 Å². The fraction of sp³-hybridized carbons (Fsp3) is 0.579. The predicted octanol–water partition coefficient (Wildman–Crippen LogP) is 2.88. The van der Waals surface area contributed by atoms with Gasteiger partial charge in [-0.3, -0.25) is 4.79 Å². The van der Waals surface area contributed by atoms with E-state index in [9.17, 15) is 9.59 Å². The molecule has 1 amide bonds. The number of ether oxygens (including phenoxy) is 1. The van der Waals surface area contributed by atoms with Crippen molar-refractivity contribution in [3.05, 3.63) is 35.4 Å². The Balaban J connectivity index is 1.45. The molecule has 1 heterocycles. The van der Waals surface area contributed by atoms with Gasteiger partial charge in [-0.2, -0.15) is 0 Å². The second-order valence-corrected chi connectivity index (χ2v) is 6.80. The van der Waals surface area contributed by atoms with Crippen molar-refractivity contribution in [1.82, 2.24) is 4.90 Å². The van der Waals surface area contributed by atoms with Gasteiger partial charge in [-0.15, -0.1) is 0 Å². The summed E-state index contributed by atoms with van der Waals surface area (Å²) in [5.41, 5.74) is 1.10. The third kappa shape index (κ3) is 4.35. The fourth-order valence-electron chi connectivity index (χ4n) is 3.59. The van der Waals surface area contributed by atoms with E-state index in [4.69, 9.17) is 9.84 Å². The van der Waals surface area contributed by atoms with Gasteiger partial charge in [-0.05, 0) is 43.4 Å². The molecule has 1 aliphatic carbocycles. The van der Waals surface area contributed by atoms with E-state index in [-0.39, 0.29) is 11.5 Å². The van der Waals surface area contributed by atoms with Crippen LogP contribution in [0.4, 0.5) is 0 Å². The molecule has 1 N–H and O–H groups in total. The van der Waals surface area contributed by atoms with Crippen LogP contribution in [0.1, 0.15) is 54.4 Å². The number of amides is 1. The zero-order chi connectivity index (χ0) is 16.9. The summed E-state index contributed by atoms with van der Waals surface area (Å²) in [6.45, 7) is 1.51. The van der Waals surface area contributed by atoms with Crippen LogP contribution < -0.4 is 0 Å². The van der Waals surface area contributed by atoms with E-state index in [2.05, 4.69) is 0 Å². The van der Waals surface area contributed by atoms with Crippen molar-refractivity contribution in [2.45, 2.75) is 57.2 Å². The topological polar surface area (TPSA) is 66.8 Å². The molecule has 1 saturated carbocycles. The zero-order valence-corrected chi connectivity index (χ0v) is 13.9. The van der Waals surface area contributed by atoms with Crippen LogP contribution in [0.2, 0.25) is 0 Å². The maximum absolute atomic E-state index is 12.4. The van der Waals surface area contributed by atoms with Crippen LogP contribution in [0, 0.1) is 0 Å². The molecule has 24 heavy (non-hydrogen) atoms. The van der Waals surface area contributed by atoms with Crippen molar-refractivity contribution in [3.8, 4) is 0 Å². The lowest BCUT2D eigenvalue weighted by Gasteiger charge is -2.33. The molecule has 130 valence electrons. The van der Waals surface area contributed by atoms with E-state index >= 15 is 0 Å². The van der Waals surface area contributed by atoms with Crippen molar-refractivity contribution >= 4 is 11.9 Å². The Kier molecular flexibility index (Phi) is 5.51. The van der Waals surface area contributed by atoms with Gasteiger partial charge < -0.3 is 14.7 Å². The molecule has 3 rings (SSSR count). The Morgan fingerprint density at radius 1 is 1.00 bits per heavy atom. The number of benzene rings is 1. The molecular formula is C19H25NO4. The van der Waals surface area contributed by atoms with Crippen molar-refractivity contribution < 1.29 is 19.4 Å². The largest absolute Gasteiger partial charge is 0.478 e. The average molecular weight is 331 g/mol. The molecule has 2 fully saturated rings. The Morgan fingerprint density at radius 3 is 2.17 bits per heavy atom. The Hall–Kier alpha value is -1.88. The molecular weight excluding hydrogens is 306 g/mol. The quantitative estimate of drug-likeness (QED) is 0.901. The number of carbonyl (C=O) groups excluding carboxylic acids is 1. The molecule has 0 unspecified atom stereocenters. The normalized spacial score (nSPS) is 19.6. The number of rotatable bonds is 5. The van der Waals surface area contributed by atoms with Crippen LogP contribution in [-0.4, -0.2) is 47.2 Å². The highest BCUT2D eigenvalue weighted by Crippen LogP contribution is 2.25. The maximum atomic E-state index is 12.4. The SMILES string of the molecule is O=C(O)c1ccc(CC(=O)N2CCC(OC3CCCC3)CC2)cc1. The molecule has 1 saturated heterocycles. The van der Waals surface area contributed by atoms with Crippen molar-refractivity contribution in [2.24, 2.45) is 0 Å². The smallest absolute Gasteiger partial charge is 0.335 e. The van der Waals surface area contributed by atoms with Crippen molar-refractivity contribution in [3.63, 3.8) is 0 Å². The molecule has 0 spiro atoms. The standard InChI is InChI=1S/C19H25NO4/c21-18(13-14-5-7-15(8-6-14)19(22)23)20-11-9-17(10-12-20)24-16-3-1-2-4-16/h5-8,16-17H,1-4,9-13H2,(H,22,23). The van der Waals surface area contributed by atoms with Gasteiger partial charge in [0.15, 0.2) is 0 Å². The summed E-state index contributed by atoms with van der Waals surface area (Å²) < 4.78 is 6.14. The van der Waals surface area contributed by atoms with Gasteiger partial charge in [0.05, 0.1) is 24.2 Å². The summed E-state index contributed by atoms with van der Waals surface area (Å²) in [6, 6.07) is 6.54. The van der Waals surface area contributed by atoms with Crippen molar-refractivity contribution in [2.75, 3.05) is 13.1 Å². The Morgan fingerprint density at radius 2 is 1.58 bits per heavy atom. The highest BCUT2D eigenvalue weighted by Gasteiger charge is 2.26. The number of carboxylic acids is 1. The monoisotopic (exact) mass is 331 g/mol.